The number of aliphatic hydroxyl groups is 5. The van der Waals surface area contributed by atoms with Crippen molar-refractivity contribution in [2.24, 2.45) is 92.6 Å². The fourth-order valence-electron chi connectivity index (χ4n) is 19.5. The molecular weight excluding hydrogens is 1130 g/mol. The van der Waals surface area contributed by atoms with Crippen LogP contribution in [0.25, 0.3) is 0 Å². The number of nitrogens with two attached hydrogens (primary N) is 1. The Labute approximate surface area is 520 Å². The van der Waals surface area contributed by atoms with Gasteiger partial charge >= 0.3 is 5.97 Å². The summed E-state index contributed by atoms with van der Waals surface area (Å²) in [5, 5.41) is 83.3. The van der Waals surface area contributed by atoms with Gasteiger partial charge in [0.05, 0.1) is 60.8 Å². The van der Waals surface area contributed by atoms with Crippen LogP contribution in [0.5, 0.6) is 5.75 Å². The Hall–Kier alpha value is -5.06. The monoisotopic (exact) mass is 1230 g/mol. The number of cyclic esters (lactones) is 1. The van der Waals surface area contributed by atoms with Crippen LogP contribution in [0.3, 0.4) is 0 Å². The van der Waals surface area contributed by atoms with E-state index < -0.39 is 75.9 Å². The molecule has 15 nitrogen and oxygen atoms in total. The average Bonchev–Trinajstić information content (AvgIpc) is 1.62. The van der Waals surface area contributed by atoms with E-state index in [-0.39, 0.29) is 122 Å². The highest BCUT2D eigenvalue weighted by Gasteiger charge is 2.74. The molecule has 2 bridgehead atoms. The van der Waals surface area contributed by atoms with E-state index >= 15 is 4.79 Å². The zero-order chi connectivity index (χ0) is 61.2. The number of aliphatic hydroxyl groups excluding tert-OH is 3. The largest absolute Gasteiger partial charge is 0.508 e. The second kappa shape index (κ2) is 25.0. The zero-order valence-corrected chi connectivity index (χ0v) is 52.5. The molecule has 9 aliphatic rings. The maximum absolute atomic E-state index is 16.2. The Morgan fingerprint density at radius 2 is 1.69 bits per heavy atom. The molecule has 3 heterocycles. The molecule has 12 rings (SSSR count). The van der Waals surface area contributed by atoms with Crippen LogP contribution in [0, 0.1) is 93.7 Å². The van der Waals surface area contributed by atoms with E-state index in [2.05, 4.69) is 47.4 Å². The van der Waals surface area contributed by atoms with Gasteiger partial charge in [0, 0.05) is 84.2 Å². The van der Waals surface area contributed by atoms with Crippen molar-refractivity contribution in [1.29, 1.82) is 0 Å². The summed E-state index contributed by atoms with van der Waals surface area (Å²) >= 11 is 0. The molecule has 0 radical (unpaired) electrons. The summed E-state index contributed by atoms with van der Waals surface area (Å²) in [7, 11) is 3.09. The van der Waals surface area contributed by atoms with E-state index in [0.29, 0.717) is 54.7 Å². The summed E-state index contributed by atoms with van der Waals surface area (Å²) in [6.07, 6.45) is 9.26. The average molecular weight is 1230 g/mol. The number of aromatic hydroxyl groups is 1. The molecule has 21 atom stereocenters. The number of nitrogens with zero attached hydrogens (tertiary/aromatic N) is 1. The molecule has 2 saturated heterocycles. The minimum absolute atomic E-state index is 0.0540. The van der Waals surface area contributed by atoms with Gasteiger partial charge in [-0.3, -0.25) is 14.4 Å². The number of aromatic amines is 1. The van der Waals surface area contributed by atoms with E-state index in [1.165, 1.54) is 16.4 Å². The van der Waals surface area contributed by atoms with Crippen molar-refractivity contribution < 1.29 is 49.8 Å². The van der Waals surface area contributed by atoms with E-state index in [4.69, 9.17) is 15.5 Å². The summed E-state index contributed by atoms with van der Waals surface area (Å²) in [6, 6.07) is 18.6. The number of hydrogen-bond acceptors (Lipinski definition) is 14. The number of aliphatic imine (C=N–C) groups is 1. The Morgan fingerprint density at radius 1 is 0.908 bits per heavy atom. The van der Waals surface area contributed by atoms with Crippen LogP contribution in [0.15, 0.2) is 101 Å². The first-order valence-electron chi connectivity index (χ1n) is 32.3. The predicted octanol–water partition coefficient (Wildman–Crippen LogP) is 8.71. The second-order valence-corrected chi connectivity index (χ2v) is 31.0. The lowest BCUT2D eigenvalue weighted by Gasteiger charge is -2.63. The lowest BCUT2D eigenvalue weighted by atomic mass is 9.43. The van der Waals surface area contributed by atoms with E-state index in [1.807, 2.05) is 67.8 Å². The van der Waals surface area contributed by atoms with Gasteiger partial charge in [-0.1, -0.05) is 102 Å². The van der Waals surface area contributed by atoms with Crippen molar-refractivity contribution in [3.63, 3.8) is 0 Å². The summed E-state index contributed by atoms with van der Waals surface area (Å²) in [6.45, 7) is 8.94. The van der Waals surface area contributed by atoms with E-state index in [9.17, 15) is 40.2 Å². The number of guanidine groups is 1. The minimum Gasteiger partial charge on any atom is -0.508 e. The lowest BCUT2D eigenvalue weighted by molar-refractivity contribution is -0.194. The first kappa shape index (κ1) is 62.1. The number of ketones is 2. The van der Waals surface area contributed by atoms with Crippen molar-refractivity contribution in [3.8, 4) is 17.6 Å². The number of carbonyl (C=O) groups is 3. The van der Waals surface area contributed by atoms with Crippen LogP contribution in [0.4, 0.5) is 0 Å². The first-order valence-corrected chi connectivity index (χ1v) is 34.8. The Morgan fingerprint density at radius 3 is 2.46 bits per heavy atom. The first-order chi connectivity index (χ1) is 41.7. The predicted molar refractivity (Wildman–Crippen MR) is 338 cm³/mol. The number of nitrogens with one attached hydrogen (secondary N) is 3. The van der Waals surface area contributed by atoms with Crippen molar-refractivity contribution in [1.82, 2.24) is 15.6 Å². The van der Waals surface area contributed by atoms with Crippen LogP contribution >= 0.6 is 21.6 Å². The third-order valence-corrected chi connectivity index (χ3v) is 26.1. The maximum Gasteiger partial charge on any atom is 0.313 e. The standard InChI is InChI=1S/C70H91N5O10S2/c1-39-13-14-43-17-20-50-40(2)28-57(79)68(4,83)64-45(12-8-11-44(30-52(50)51(43)27-39)53-36-85-65(82)58(53)46-22-25-72-34-46)31-70(84)60-55(21-23-69(64,70)24-26-73-66(71)75-33-41-9-6-5-7-10-41)67(3)32-56(78)62(80)54-38-87-86-37-47(42-15-18-48(76)19-16-42)29-49(77)35-74-61(60)63(81)59(54)67/h5-7,9-10,15-19,22,25,34,39-40,44-45,47,50-59,62,64,72,74,76,78-80,83-84H,12-14,20-21,23-24,26-33,35-38H2,1-4H3,(H3,71,73,75). The Bertz CT molecular complexity index is 3180. The highest BCUT2D eigenvalue weighted by Crippen LogP contribution is 2.73. The molecule has 3 aromatic rings. The van der Waals surface area contributed by atoms with Crippen LogP contribution in [-0.4, -0.2) is 120 Å². The number of hydrogen-bond donors (Lipinski definition) is 10. The van der Waals surface area contributed by atoms with E-state index in [0.717, 1.165) is 48.8 Å². The molecule has 468 valence electrons. The van der Waals surface area contributed by atoms with Gasteiger partial charge < -0.3 is 56.7 Å². The molecule has 1 aromatic heterocycles. The number of benzene rings is 2. The quantitative estimate of drug-likeness (QED) is 0.0253. The molecule has 4 saturated carbocycles. The zero-order valence-electron chi connectivity index (χ0n) is 50.9. The van der Waals surface area contributed by atoms with Gasteiger partial charge in [-0.2, -0.15) is 0 Å². The Balaban J connectivity index is 1.00. The topological polar surface area (TPSA) is 260 Å². The number of aromatic nitrogens is 1. The fourth-order valence-corrected chi connectivity index (χ4v) is 22.2. The molecule has 17 heteroatoms. The van der Waals surface area contributed by atoms with Crippen molar-refractivity contribution in [2.45, 2.75) is 159 Å². The normalized spacial score (nSPS) is 41.7. The van der Waals surface area contributed by atoms with Crippen LogP contribution in [-0.2, 0) is 25.7 Å². The number of allylic oxidation sites excluding steroid dienone is 3. The van der Waals surface area contributed by atoms with Crippen LogP contribution in [0.1, 0.15) is 140 Å². The number of carbonyl (C=O) groups excluding carboxylic acids is 3. The summed E-state index contributed by atoms with van der Waals surface area (Å²) < 4.78 is 6.00. The van der Waals surface area contributed by atoms with Crippen LogP contribution < -0.4 is 16.4 Å². The smallest absolute Gasteiger partial charge is 0.313 e. The SMILES string of the molecule is CC1CCC2=CCC3C(C)CC(O)C(C)(O)C4C(CC#CC(C5COC(=O)C5c5cc[nH]c5)CC3C2C1)CC1(O)C2=C3NCC(=O)CC(c5ccc(O)cc5)CSSCC5C(O)C(O)CC(C)(C2CCC41CCNC(N)=NCc1ccccc1)C5C3=O. The van der Waals surface area contributed by atoms with Gasteiger partial charge in [0.25, 0.3) is 0 Å². The molecule has 0 amide bonds. The molecule has 6 fully saturated rings. The molecule has 21 unspecified atom stereocenters. The number of fused-ring (bicyclic) bond motifs is 10. The second-order valence-electron chi connectivity index (χ2n) is 28.5. The molecule has 2 aromatic carbocycles. The fraction of sp³-hybridized carbons (Fsp3) is 0.629. The number of H-pyrrole nitrogens is 1. The number of Topliss-reactive ketones (excluding diaryl/α,β-unsaturated/α-hetero) is 2. The van der Waals surface area contributed by atoms with Crippen molar-refractivity contribution in [3.05, 3.63) is 113 Å². The number of ether oxygens (including phenoxy) is 1. The van der Waals surface area contributed by atoms with Gasteiger partial charge in [-0.15, -0.1) is 5.92 Å². The van der Waals surface area contributed by atoms with Crippen molar-refractivity contribution >= 4 is 45.1 Å². The molecule has 0 spiro atoms. The van der Waals surface area contributed by atoms with E-state index in [1.54, 1.807) is 29.9 Å². The Kier molecular flexibility index (Phi) is 17.8. The lowest BCUT2D eigenvalue weighted by Crippen LogP contribution is -2.67. The third kappa shape index (κ3) is 11.4. The summed E-state index contributed by atoms with van der Waals surface area (Å²) in [4.78, 5) is 52.6. The number of rotatable bonds is 8. The highest BCUT2D eigenvalue weighted by atomic mass is 33.1. The van der Waals surface area contributed by atoms with Gasteiger partial charge in [0.2, 0.25) is 0 Å². The number of esters is 1. The number of phenols is 1. The third-order valence-electron chi connectivity index (χ3n) is 23.6. The minimum atomic E-state index is -1.87. The number of phenolic OH excluding ortho intramolecular Hbond substituents is 1. The van der Waals surface area contributed by atoms with Gasteiger partial charge in [0.15, 0.2) is 17.5 Å². The highest BCUT2D eigenvalue weighted by molar-refractivity contribution is 8.76. The molecule has 11 N–H and O–H groups in total. The molecule has 87 heavy (non-hydrogen) atoms. The van der Waals surface area contributed by atoms with Crippen molar-refractivity contribution in [2.75, 3.05) is 31.2 Å². The van der Waals surface area contributed by atoms with Gasteiger partial charge in [0.1, 0.15) is 5.75 Å². The van der Waals surface area contributed by atoms with Gasteiger partial charge in [-0.05, 0) is 165 Å². The summed E-state index contributed by atoms with van der Waals surface area (Å²) in [5.74, 6) is 4.69. The molecule has 2 aliphatic heterocycles. The van der Waals surface area contributed by atoms with Gasteiger partial charge in [-0.25, -0.2) is 4.99 Å². The maximum atomic E-state index is 16.2. The molecular formula is C70H91N5O10S2. The summed E-state index contributed by atoms with van der Waals surface area (Å²) in [5.41, 5.74) is 5.67. The van der Waals surface area contributed by atoms with Crippen LogP contribution in [0.2, 0.25) is 0 Å². The molecule has 7 aliphatic carbocycles.